The molecule has 2 aromatic rings. The minimum atomic E-state index is -0.0379. The van der Waals surface area contributed by atoms with Crippen molar-refractivity contribution in [2.24, 2.45) is 0 Å². The highest BCUT2D eigenvalue weighted by atomic mass is 35.5. The van der Waals surface area contributed by atoms with Gasteiger partial charge < -0.3 is 15.4 Å². The van der Waals surface area contributed by atoms with Gasteiger partial charge >= 0.3 is 0 Å². The van der Waals surface area contributed by atoms with Crippen LogP contribution in [0.25, 0.3) is 0 Å². The molecule has 1 unspecified atom stereocenters. The number of rotatable bonds is 5. The molecule has 1 saturated heterocycles. The van der Waals surface area contributed by atoms with Crippen molar-refractivity contribution in [3.63, 3.8) is 0 Å². The van der Waals surface area contributed by atoms with Crippen LogP contribution in [0, 0.1) is 0 Å². The zero-order valence-corrected chi connectivity index (χ0v) is 14.9. The lowest BCUT2D eigenvalue weighted by Crippen LogP contribution is -2.48. The summed E-state index contributed by atoms with van der Waals surface area (Å²) < 4.78 is 5.49. The molecule has 6 heteroatoms. The summed E-state index contributed by atoms with van der Waals surface area (Å²) in [4.78, 5) is 14.6. The summed E-state index contributed by atoms with van der Waals surface area (Å²) in [5.74, 6) is 0.809. The largest absolute Gasteiger partial charge is 0.496 e. The zero-order chi connectivity index (χ0) is 17.6. The molecule has 0 aliphatic carbocycles. The average molecular weight is 360 g/mol. The van der Waals surface area contributed by atoms with Crippen LogP contribution in [0.2, 0.25) is 5.02 Å². The number of nitrogens with zero attached hydrogens (tertiary/aromatic N) is 1. The number of para-hydroxylation sites is 1. The number of ether oxygens (including phenoxy) is 1. The van der Waals surface area contributed by atoms with Crippen LogP contribution in [-0.4, -0.2) is 44.1 Å². The van der Waals surface area contributed by atoms with E-state index in [2.05, 4.69) is 21.6 Å². The molecule has 2 N–H and O–H groups in total. The minimum Gasteiger partial charge on any atom is -0.496 e. The molecule has 0 radical (unpaired) electrons. The van der Waals surface area contributed by atoms with Gasteiger partial charge in [0, 0.05) is 35.9 Å². The normalized spacial score (nSPS) is 17.9. The van der Waals surface area contributed by atoms with Gasteiger partial charge in [-0.3, -0.25) is 9.69 Å². The summed E-state index contributed by atoms with van der Waals surface area (Å²) in [5, 5.41) is 6.98. The SMILES string of the molecule is COc1ccccc1C1CNCCN1CC(=O)Nc1ccc(Cl)cc1. The maximum Gasteiger partial charge on any atom is 0.238 e. The molecule has 1 aliphatic heterocycles. The lowest BCUT2D eigenvalue weighted by atomic mass is 10.0. The van der Waals surface area contributed by atoms with Crippen molar-refractivity contribution in [1.82, 2.24) is 10.2 Å². The van der Waals surface area contributed by atoms with Gasteiger partial charge in [-0.2, -0.15) is 0 Å². The van der Waals surface area contributed by atoms with E-state index >= 15 is 0 Å². The summed E-state index contributed by atoms with van der Waals surface area (Å²) in [6, 6.07) is 15.2. The van der Waals surface area contributed by atoms with E-state index in [0.29, 0.717) is 11.6 Å². The number of benzene rings is 2. The van der Waals surface area contributed by atoms with Gasteiger partial charge in [0.25, 0.3) is 0 Å². The van der Waals surface area contributed by atoms with Crippen LogP contribution in [0.4, 0.5) is 5.69 Å². The highest BCUT2D eigenvalue weighted by molar-refractivity contribution is 6.30. The topological polar surface area (TPSA) is 53.6 Å². The number of hydrogen-bond donors (Lipinski definition) is 2. The maximum atomic E-state index is 12.5. The second-order valence-electron chi connectivity index (χ2n) is 5.99. The number of anilines is 1. The predicted molar refractivity (Wildman–Crippen MR) is 100 cm³/mol. The first-order valence-corrected chi connectivity index (χ1v) is 8.68. The van der Waals surface area contributed by atoms with Crippen LogP contribution in [0.1, 0.15) is 11.6 Å². The third-order valence-corrected chi connectivity index (χ3v) is 4.58. The second-order valence-corrected chi connectivity index (χ2v) is 6.42. The van der Waals surface area contributed by atoms with Crippen LogP contribution in [0.5, 0.6) is 5.75 Å². The Morgan fingerprint density at radius 1 is 1.28 bits per heavy atom. The van der Waals surface area contributed by atoms with Crippen LogP contribution in [0.3, 0.4) is 0 Å². The monoisotopic (exact) mass is 359 g/mol. The molecule has 1 amide bonds. The van der Waals surface area contributed by atoms with Gasteiger partial charge in [-0.05, 0) is 30.3 Å². The van der Waals surface area contributed by atoms with E-state index in [9.17, 15) is 4.79 Å². The Hall–Kier alpha value is -2.08. The Labute approximate surface area is 152 Å². The molecular weight excluding hydrogens is 338 g/mol. The van der Waals surface area contributed by atoms with Gasteiger partial charge in [0.05, 0.1) is 19.7 Å². The molecule has 1 heterocycles. The highest BCUT2D eigenvalue weighted by Gasteiger charge is 2.27. The summed E-state index contributed by atoms with van der Waals surface area (Å²) in [6.45, 7) is 2.78. The van der Waals surface area contributed by atoms with Crippen LogP contribution in [0.15, 0.2) is 48.5 Å². The van der Waals surface area contributed by atoms with Gasteiger partial charge in [-0.1, -0.05) is 29.8 Å². The highest BCUT2D eigenvalue weighted by Crippen LogP contribution is 2.30. The third kappa shape index (κ3) is 4.51. The second kappa shape index (κ2) is 8.34. The molecule has 25 heavy (non-hydrogen) atoms. The van der Waals surface area contributed by atoms with Crippen molar-refractivity contribution in [1.29, 1.82) is 0 Å². The minimum absolute atomic E-state index is 0.0379. The van der Waals surface area contributed by atoms with E-state index in [4.69, 9.17) is 16.3 Å². The number of amides is 1. The Kier molecular flexibility index (Phi) is 5.91. The van der Waals surface area contributed by atoms with Crippen LogP contribution in [-0.2, 0) is 4.79 Å². The fraction of sp³-hybridized carbons (Fsp3) is 0.316. The first-order valence-electron chi connectivity index (χ1n) is 8.30. The van der Waals surface area contributed by atoms with Crippen molar-refractivity contribution >= 4 is 23.2 Å². The number of piperazine rings is 1. The molecule has 0 spiro atoms. The summed E-state index contributed by atoms with van der Waals surface area (Å²) in [5.41, 5.74) is 1.84. The fourth-order valence-electron chi connectivity index (χ4n) is 3.10. The Bertz CT molecular complexity index is 721. The molecule has 3 rings (SSSR count). The molecule has 0 aromatic heterocycles. The molecule has 132 valence electrons. The Balaban J connectivity index is 1.70. The number of carbonyl (C=O) groups excluding carboxylic acids is 1. The van der Waals surface area contributed by atoms with Crippen LogP contribution >= 0.6 is 11.6 Å². The predicted octanol–water partition coefficient (Wildman–Crippen LogP) is 2.93. The summed E-state index contributed by atoms with van der Waals surface area (Å²) >= 11 is 5.88. The van der Waals surface area contributed by atoms with E-state index in [1.54, 1.807) is 31.4 Å². The lowest BCUT2D eigenvalue weighted by molar-refractivity contribution is -0.118. The fourth-order valence-corrected chi connectivity index (χ4v) is 3.23. The Morgan fingerprint density at radius 3 is 2.80 bits per heavy atom. The molecule has 0 saturated carbocycles. The van der Waals surface area contributed by atoms with Gasteiger partial charge in [0.2, 0.25) is 5.91 Å². The van der Waals surface area contributed by atoms with Gasteiger partial charge in [-0.15, -0.1) is 0 Å². The molecular formula is C19H22ClN3O2. The Morgan fingerprint density at radius 2 is 2.04 bits per heavy atom. The van der Waals surface area contributed by atoms with Crippen molar-refractivity contribution < 1.29 is 9.53 Å². The van der Waals surface area contributed by atoms with Crippen molar-refractivity contribution in [2.45, 2.75) is 6.04 Å². The molecule has 5 nitrogen and oxygen atoms in total. The lowest BCUT2D eigenvalue weighted by Gasteiger charge is -2.36. The number of carbonyl (C=O) groups is 1. The standard InChI is InChI=1S/C19H22ClN3O2/c1-25-18-5-3-2-4-16(18)17-12-21-10-11-23(17)13-19(24)22-15-8-6-14(20)7-9-15/h2-9,17,21H,10-13H2,1H3,(H,22,24). The van der Waals surface area contributed by atoms with Gasteiger partial charge in [0.1, 0.15) is 5.75 Å². The van der Waals surface area contributed by atoms with E-state index < -0.39 is 0 Å². The molecule has 1 fully saturated rings. The van der Waals surface area contributed by atoms with E-state index in [0.717, 1.165) is 36.6 Å². The molecule has 1 aliphatic rings. The third-order valence-electron chi connectivity index (χ3n) is 4.33. The van der Waals surface area contributed by atoms with Crippen molar-refractivity contribution in [3.8, 4) is 5.75 Å². The number of methoxy groups -OCH3 is 1. The first kappa shape index (κ1) is 17.7. The molecule has 2 aromatic carbocycles. The molecule has 1 atom stereocenters. The number of hydrogen-bond acceptors (Lipinski definition) is 4. The smallest absolute Gasteiger partial charge is 0.238 e. The average Bonchev–Trinajstić information content (AvgIpc) is 2.64. The summed E-state index contributed by atoms with van der Waals surface area (Å²) in [7, 11) is 1.67. The van der Waals surface area contributed by atoms with E-state index in [-0.39, 0.29) is 11.9 Å². The van der Waals surface area contributed by atoms with Crippen molar-refractivity contribution in [2.75, 3.05) is 38.6 Å². The van der Waals surface area contributed by atoms with E-state index in [1.165, 1.54) is 0 Å². The quantitative estimate of drug-likeness (QED) is 0.861. The summed E-state index contributed by atoms with van der Waals surface area (Å²) in [6.07, 6.45) is 0. The maximum absolute atomic E-state index is 12.5. The zero-order valence-electron chi connectivity index (χ0n) is 14.2. The first-order chi connectivity index (χ1) is 12.2. The van der Waals surface area contributed by atoms with E-state index in [1.807, 2.05) is 18.2 Å². The van der Waals surface area contributed by atoms with Crippen molar-refractivity contribution in [3.05, 3.63) is 59.1 Å². The number of nitrogens with one attached hydrogen (secondary N) is 2. The van der Waals surface area contributed by atoms with Gasteiger partial charge in [-0.25, -0.2) is 0 Å². The van der Waals surface area contributed by atoms with Gasteiger partial charge in [0.15, 0.2) is 0 Å². The van der Waals surface area contributed by atoms with Crippen LogP contribution < -0.4 is 15.4 Å². The molecule has 0 bridgehead atoms. The number of halogens is 1.